The molecule has 0 aromatic heterocycles. The molecule has 1 aliphatic carbocycles. The predicted octanol–water partition coefficient (Wildman–Crippen LogP) is 4.75. The molecule has 0 saturated heterocycles. The minimum absolute atomic E-state index is 0.134. The van der Waals surface area contributed by atoms with E-state index in [0.717, 1.165) is 5.92 Å². The van der Waals surface area contributed by atoms with Crippen LogP contribution in [-0.4, -0.2) is 5.54 Å². The van der Waals surface area contributed by atoms with E-state index < -0.39 is 0 Å². The standard InChI is InChI=1S/C16H33N/c1-14(2,3)11-12-16(17)9-7-13(8-10-16)15(4,5)6/h13H,7-12,17H2,1-6H3. The van der Waals surface area contributed by atoms with Crippen LogP contribution in [0.4, 0.5) is 0 Å². The fourth-order valence-corrected chi connectivity index (χ4v) is 2.93. The van der Waals surface area contributed by atoms with Crippen molar-refractivity contribution >= 4 is 0 Å². The molecule has 102 valence electrons. The van der Waals surface area contributed by atoms with Gasteiger partial charge in [-0.2, -0.15) is 0 Å². The molecule has 0 unspecified atom stereocenters. The first-order chi connectivity index (χ1) is 7.52. The van der Waals surface area contributed by atoms with Gasteiger partial charge in [0.1, 0.15) is 0 Å². The molecule has 0 aromatic rings. The summed E-state index contributed by atoms with van der Waals surface area (Å²) in [4.78, 5) is 0. The van der Waals surface area contributed by atoms with Crippen LogP contribution in [0.5, 0.6) is 0 Å². The maximum Gasteiger partial charge on any atom is 0.0154 e. The summed E-state index contributed by atoms with van der Waals surface area (Å²) in [6, 6.07) is 0. The van der Waals surface area contributed by atoms with Crippen molar-refractivity contribution in [3.05, 3.63) is 0 Å². The highest BCUT2D eigenvalue weighted by atomic mass is 14.7. The summed E-state index contributed by atoms with van der Waals surface area (Å²) in [7, 11) is 0. The Labute approximate surface area is 109 Å². The van der Waals surface area contributed by atoms with E-state index >= 15 is 0 Å². The fourth-order valence-electron chi connectivity index (χ4n) is 2.93. The number of hydrogen-bond donors (Lipinski definition) is 1. The molecular weight excluding hydrogens is 206 g/mol. The van der Waals surface area contributed by atoms with Crippen LogP contribution in [0.1, 0.15) is 80.1 Å². The van der Waals surface area contributed by atoms with Crippen molar-refractivity contribution in [3.8, 4) is 0 Å². The van der Waals surface area contributed by atoms with E-state index in [9.17, 15) is 0 Å². The van der Waals surface area contributed by atoms with Gasteiger partial charge in [0.05, 0.1) is 0 Å². The van der Waals surface area contributed by atoms with E-state index in [1.54, 1.807) is 0 Å². The van der Waals surface area contributed by atoms with Crippen molar-refractivity contribution < 1.29 is 0 Å². The largest absolute Gasteiger partial charge is 0.325 e. The number of rotatable bonds is 2. The predicted molar refractivity (Wildman–Crippen MR) is 77.0 cm³/mol. The Morgan fingerprint density at radius 2 is 1.47 bits per heavy atom. The van der Waals surface area contributed by atoms with E-state index in [1.165, 1.54) is 38.5 Å². The second-order valence-electron chi connectivity index (χ2n) is 8.56. The van der Waals surface area contributed by atoms with Crippen molar-refractivity contribution in [3.63, 3.8) is 0 Å². The molecule has 1 rings (SSSR count). The topological polar surface area (TPSA) is 26.0 Å². The molecule has 1 saturated carbocycles. The SMILES string of the molecule is CC(C)(C)CCC1(N)CCC(C(C)(C)C)CC1. The molecule has 1 aliphatic rings. The van der Waals surface area contributed by atoms with Crippen LogP contribution in [0, 0.1) is 16.7 Å². The third-order valence-corrected chi connectivity index (χ3v) is 4.58. The van der Waals surface area contributed by atoms with Gasteiger partial charge in [0.2, 0.25) is 0 Å². The second kappa shape index (κ2) is 4.91. The van der Waals surface area contributed by atoms with Crippen LogP contribution < -0.4 is 5.73 Å². The van der Waals surface area contributed by atoms with Crippen LogP contribution in [0.25, 0.3) is 0 Å². The van der Waals surface area contributed by atoms with Crippen molar-refractivity contribution in [2.45, 2.75) is 85.6 Å². The van der Waals surface area contributed by atoms with Gasteiger partial charge in [-0.25, -0.2) is 0 Å². The first kappa shape index (κ1) is 15.0. The molecule has 0 bridgehead atoms. The van der Waals surface area contributed by atoms with E-state index in [0.29, 0.717) is 10.8 Å². The smallest absolute Gasteiger partial charge is 0.0154 e. The highest BCUT2D eigenvalue weighted by molar-refractivity contribution is 4.93. The highest BCUT2D eigenvalue weighted by Crippen LogP contribution is 2.42. The Morgan fingerprint density at radius 3 is 1.82 bits per heavy atom. The third-order valence-electron chi connectivity index (χ3n) is 4.58. The highest BCUT2D eigenvalue weighted by Gasteiger charge is 2.36. The molecule has 0 aromatic carbocycles. The van der Waals surface area contributed by atoms with Gasteiger partial charge in [-0.15, -0.1) is 0 Å². The molecule has 0 atom stereocenters. The minimum Gasteiger partial charge on any atom is -0.325 e. The Hall–Kier alpha value is -0.0400. The van der Waals surface area contributed by atoms with E-state index in [1.807, 2.05) is 0 Å². The van der Waals surface area contributed by atoms with Crippen LogP contribution in [0.15, 0.2) is 0 Å². The molecular formula is C16H33N. The number of nitrogens with two attached hydrogens (primary N) is 1. The van der Waals surface area contributed by atoms with Gasteiger partial charge in [-0.3, -0.25) is 0 Å². The average Bonchev–Trinajstić information content (AvgIpc) is 2.13. The zero-order chi connectivity index (χ0) is 13.3. The van der Waals surface area contributed by atoms with Gasteiger partial charge >= 0.3 is 0 Å². The lowest BCUT2D eigenvalue weighted by Gasteiger charge is -2.43. The third kappa shape index (κ3) is 4.99. The summed E-state index contributed by atoms with van der Waals surface area (Å²) >= 11 is 0. The normalized spacial score (nSPS) is 31.6. The summed E-state index contributed by atoms with van der Waals surface area (Å²) in [5, 5.41) is 0. The Bertz CT molecular complexity index is 233. The molecule has 1 nitrogen and oxygen atoms in total. The van der Waals surface area contributed by atoms with Crippen molar-refractivity contribution in [2.75, 3.05) is 0 Å². The Morgan fingerprint density at radius 1 is 1.00 bits per heavy atom. The van der Waals surface area contributed by atoms with Gasteiger partial charge in [0.25, 0.3) is 0 Å². The Balaban J connectivity index is 2.44. The fraction of sp³-hybridized carbons (Fsp3) is 1.00. The van der Waals surface area contributed by atoms with Crippen molar-refractivity contribution in [1.29, 1.82) is 0 Å². The van der Waals surface area contributed by atoms with E-state index in [4.69, 9.17) is 5.73 Å². The maximum absolute atomic E-state index is 6.57. The van der Waals surface area contributed by atoms with Crippen LogP contribution >= 0.6 is 0 Å². The van der Waals surface area contributed by atoms with Gasteiger partial charge < -0.3 is 5.73 Å². The lowest BCUT2D eigenvalue weighted by Crippen LogP contribution is -2.45. The summed E-state index contributed by atoms with van der Waals surface area (Å²) < 4.78 is 0. The zero-order valence-electron chi connectivity index (χ0n) is 12.9. The first-order valence-corrected chi connectivity index (χ1v) is 7.31. The zero-order valence-corrected chi connectivity index (χ0v) is 12.9. The minimum atomic E-state index is 0.134. The second-order valence-corrected chi connectivity index (χ2v) is 8.56. The quantitative estimate of drug-likeness (QED) is 0.739. The molecule has 17 heavy (non-hydrogen) atoms. The first-order valence-electron chi connectivity index (χ1n) is 7.31. The molecule has 0 heterocycles. The molecule has 1 heteroatoms. The molecule has 0 spiro atoms. The Kier molecular flexibility index (Phi) is 4.34. The van der Waals surface area contributed by atoms with E-state index in [2.05, 4.69) is 41.5 Å². The number of hydrogen-bond acceptors (Lipinski definition) is 1. The maximum atomic E-state index is 6.57. The molecule has 2 N–H and O–H groups in total. The lowest BCUT2D eigenvalue weighted by molar-refractivity contribution is 0.122. The van der Waals surface area contributed by atoms with E-state index in [-0.39, 0.29) is 5.54 Å². The van der Waals surface area contributed by atoms with Crippen molar-refractivity contribution in [2.24, 2.45) is 22.5 Å². The average molecular weight is 239 g/mol. The summed E-state index contributed by atoms with van der Waals surface area (Å²) in [6.45, 7) is 14.1. The van der Waals surface area contributed by atoms with Gasteiger partial charge in [0.15, 0.2) is 0 Å². The van der Waals surface area contributed by atoms with Crippen molar-refractivity contribution in [1.82, 2.24) is 0 Å². The van der Waals surface area contributed by atoms with Crippen LogP contribution in [0.3, 0.4) is 0 Å². The molecule has 0 amide bonds. The molecule has 1 fully saturated rings. The summed E-state index contributed by atoms with van der Waals surface area (Å²) in [6.07, 6.45) is 7.56. The summed E-state index contributed by atoms with van der Waals surface area (Å²) in [5.74, 6) is 0.869. The lowest BCUT2D eigenvalue weighted by atomic mass is 9.66. The van der Waals surface area contributed by atoms with Crippen LogP contribution in [0.2, 0.25) is 0 Å². The summed E-state index contributed by atoms with van der Waals surface area (Å²) in [5.41, 5.74) is 7.59. The van der Waals surface area contributed by atoms with Gasteiger partial charge in [-0.05, 0) is 55.3 Å². The van der Waals surface area contributed by atoms with Crippen LogP contribution in [-0.2, 0) is 0 Å². The molecule has 0 aliphatic heterocycles. The van der Waals surface area contributed by atoms with Gasteiger partial charge in [-0.1, -0.05) is 41.5 Å². The monoisotopic (exact) mass is 239 g/mol. The van der Waals surface area contributed by atoms with Gasteiger partial charge in [0, 0.05) is 5.54 Å². The molecule has 0 radical (unpaired) electrons.